The number of nitrogens with one attached hydrogen (secondary N) is 1. The van der Waals surface area contributed by atoms with E-state index in [1.807, 2.05) is 0 Å². The Kier molecular flexibility index (Phi) is 2.05. The topological polar surface area (TPSA) is 62.6 Å². The maximum absolute atomic E-state index is 11.9. The maximum atomic E-state index is 11.9. The molecule has 0 unspecified atom stereocenters. The Labute approximate surface area is 98.8 Å². The number of furan rings is 1. The summed E-state index contributed by atoms with van der Waals surface area (Å²) < 4.78 is 4.88. The van der Waals surface area contributed by atoms with Crippen LogP contribution in [0.3, 0.4) is 0 Å². The van der Waals surface area contributed by atoms with Crippen molar-refractivity contribution >= 4 is 11.8 Å². The zero-order chi connectivity index (χ0) is 12.0. The molecule has 2 fully saturated rings. The number of nitrogens with zero attached hydrogens (tertiary/aromatic N) is 1. The predicted octanol–water partition coefficient (Wildman–Crippen LogP) is 0.630. The largest absolute Gasteiger partial charge is 0.472 e. The first kappa shape index (κ1) is 10.4. The van der Waals surface area contributed by atoms with Crippen molar-refractivity contribution < 1.29 is 14.0 Å². The van der Waals surface area contributed by atoms with E-state index in [0.29, 0.717) is 18.0 Å². The molecule has 1 aliphatic heterocycles. The van der Waals surface area contributed by atoms with E-state index in [0.717, 1.165) is 13.0 Å². The zero-order valence-corrected chi connectivity index (χ0v) is 9.60. The molecule has 5 heteroatoms. The van der Waals surface area contributed by atoms with Gasteiger partial charge in [-0.15, -0.1) is 0 Å². The van der Waals surface area contributed by atoms with Gasteiger partial charge in [0.25, 0.3) is 5.91 Å². The minimum Gasteiger partial charge on any atom is -0.472 e. The van der Waals surface area contributed by atoms with Gasteiger partial charge in [-0.2, -0.15) is 0 Å². The molecule has 1 saturated carbocycles. The third kappa shape index (κ3) is 1.62. The van der Waals surface area contributed by atoms with Gasteiger partial charge in [-0.1, -0.05) is 0 Å². The van der Waals surface area contributed by atoms with Gasteiger partial charge >= 0.3 is 0 Å². The highest BCUT2D eigenvalue weighted by molar-refractivity contribution is 5.94. The Morgan fingerprint density at radius 2 is 2.41 bits per heavy atom. The van der Waals surface area contributed by atoms with Crippen LogP contribution in [0.25, 0.3) is 0 Å². The molecule has 0 radical (unpaired) electrons. The molecule has 2 atom stereocenters. The van der Waals surface area contributed by atoms with Crippen LogP contribution >= 0.6 is 0 Å². The van der Waals surface area contributed by atoms with Crippen LogP contribution < -0.4 is 5.32 Å². The lowest BCUT2D eigenvalue weighted by Gasteiger charge is -2.20. The first-order chi connectivity index (χ1) is 8.11. The Morgan fingerprint density at radius 1 is 1.59 bits per heavy atom. The summed E-state index contributed by atoms with van der Waals surface area (Å²) in [6.07, 6.45) is 3.88. The Hall–Kier alpha value is -1.78. The summed E-state index contributed by atoms with van der Waals surface area (Å²) >= 11 is 0. The summed E-state index contributed by atoms with van der Waals surface area (Å²) in [5.74, 6) is 0.378. The van der Waals surface area contributed by atoms with Crippen LogP contribution in [0.5, 0.6) is 0 Å². The van der Waals surface area contributed by atoms with Gasteiger partial charge in [0.1, 0.15) is 6.26 Å². The smallest absolute Gasteiger partial charge is 0.255 e. The van der Waals surface area contributed by atoms with E-state index in [4.69, 9.17) is 4.42 Å². The maximum Gasteiger partial charge on any atom is 0.255 e. The Balaban J connectivity index is 1.68. The average molecular weight is 234 g/mol. The number of carbonyl (C=O) groups excluding carboxylic acids is 2. The molecule has 3 rings (SSSR count). The number of hydrogen-bond acceptors (Lipinski definition) is 3. The lowest BCUT2D eigenvalue weighted by atomic mass is 10.2. The summed E-state index contributed by atoms with van der Waals surface area (Å²) in [7, 11) is 0. The van der Waals surface area contributed by atoms with Gasteiger partial charge in [0.05, 0.1) is 17.4 Å². The summed E-state index contributed by atoms with van der Waals surface area (Å²) in [5.41, 5.74) is 0.353. The molecule has 2 heterocycles. The molecule has 0 spiro atoms. The van der Waals surface area contributed by atoms with Crippen LogP contribution in [0.1, 0.15) is 23.7 Å². The minimum atomic E-state index is -0.181. The molecular weight excluding hydrogens is 220 g/mol. The number of amides is 2. The fraction of sp³-hybridized carbons (Fsp3) is 0.500. The Bertz CT molecular complexity index is 468. The van der Waals surface area contributed by atoms with Gasteiger partial charge in [-0.25, -0.2) is 0 Å². The number of hydrogen-bond donors (Lipinski definition) is 1. The second-order valence-corrected chi connectivity index (χ2v) is 4.92. The summed E-state index contributed by atoms with van der Waals surface area (Å²) in [4.78, 5) is 25.0. The number of likely N-dealkylation sites (tertiary alicyclic amines) is 1. The van der Waals surface area contributed by atoms with Gasteiger partial charge in [0.2, 0.25) is 5.91 Å². The van der Waals surface area contributed by atoms with Crippen LogP contribution in [-0.4, -0.2) is 35.3 Å². The third-order valence-electron chi connectivity index (χ3n) is 3.74. The second kappa shape index (κ2) is 3.35. The molecule has 0 bridgehead atoms. The second-order valence-electron chi connectivity index (χ2n) is 4.92. The molecule has 1 aromatic rings. The SMILES string of the molecule is CC(=O)N1C[C@H]2C[C@@]2(NC(=O)c2ccoc2)C1. The van der Waals surface area contributed by atoms with Gasteiger partial charge in [0, 0.05) is 25.9 Å². The van der Waals surface area contributed by atoms with Crippen molar-refractivity contribution in [3.8, 4) is 0 Å². The number of piperidine rings is 1. The minimum absolute atomic E-state index is 0.0779. The molecule has 1 aliphatic carbocycles. The normalized spacial score (nSPS) is 29.9. The van der Waals surface area contributed by atoms with Crippen molar-refractivity contribution in [3.05, 3.63) is 24.2 Å². The van der Waals surface area contributed by atoms with Crippen molar-refractivity contribution in [2.75, 3.05) is 13.1 Å². The molecule has 1 N–H and O–H groups in total. The molecule has 1 aromatic heterocycles. The molecule has 0 aromatic carbocycles. The number of fused-ring (bicyclic) bond motifs is 1. The average Bonchev–Trinajstić information content (AvgIpc) is 2.76. The first-order valence-electron chi connectivity index (χ1n) is 5.71. The molecule has 1 saturated heterocycles. The van der Waals surface area contributed by atoms with E-state index >= 15 is 0 Å². The summed E-state index contributed by atoms with van der Waals surface area (Å²) in [6, 6.07) is 1.64. The molecule has 2 amide bonds. The fourth-order valence-corrected chi connectivity index (χ4v) is 2.61. The fourth-order valence-electron chi connectivity index (χ4n) is 2.61. The van der Waals surface area contributed by atoms with Gasteiger partial charge < -0.3 is 14.6 Å². The van der Waals surface area contributed by atoms with Gasteiger partial charge in [-0.3, -0.25) is 9.59 Å². The molecule has 90 valence electrons. The summed E-state index contributed by atoms with van der Waals surface area (Å²) in [6.45, 7) is 2.97. The van der Waals surface area contributed by atoms with E-state index < -0.39 is 0 Å². The summed E-state index contributed by atoms with van der Waals surface area (Å²) in [5, 5.41) is 3.02. The van der Waals surface area contributed by atoms with Crippen LogP contribution in [0.2, 0.25) is 0 Å². The van der Waals surface area contributed by atoms with E-state index in [2.05, 4.69) is 5.32 Å². The van der Waals surface area contributed by atoms with E-state index in [9.17, 15) is 9.59 Å². The van der Waals surface area contributed by atoms with Crippen molar-refractivity contribution in [1.29, 1.82) is 0 Å². The highest BCUT2D eigenvalue weighted by Crippen LogP contribution is 2.49. The lowest BCUT2D eigenvalue weighted by molar-refractivity contribution is -0.128. The monoisotopic (exact) mass is 234 g/mol. The molecular formula is C12H14N2O3. The molecule has 2 aliphatic rings. The van der Waals surface area contributed by atoms with Crippen molar-refractivity contribution in [2.24, 2.45) is 5.92 Å². The van der Waals surface area contributed by atoms with Crippen molar-refractivity contribution in [1.82, 2.24) is 10.2 Å². The van der Waals surface area contributed by atoms with Crippen LogP contribution in [-0.2, 0) is 4.79 Å². The van der Waals surface area contributed by atoms with Gasteiger partial charge in [-0.05, 0) is 12.5 Å². The lowest BCUT2D eigenvalue weighted by Crippen LogP contribution is -2.43. The zero-order valence-electron chi connectivity index (χ0n) is 9.60. The van der Waals surface area contributed by atoms with Crippen LogP contribution in [0.4, 0.5) is 0 Å². The highest BCUT2D eigenvalue weighted by Gasteiger charge is 2.61. The quantitative estimate of drug-likeness (QED) is 0.816. The van der Waals surface area contributed by atoms with Crippen LogP contribution in [0, 0.1) is 5.92 Å². The number of rotatable bonds is 2. The predicted molar refractivity (Wildman–Crippen MR) is 59.3 cm³/mol. The van der Waals surface area contributed by atoms with E-state index in [1.54, 1.807) is 17.9 Å². The number of carbonyl (C=O) groups is 2. The van der Waals surface area contributed by atoms with Gasteiger partial charge in [0.15, 0.2) is 0 Å². The van der Waals surface area contributed by atoms with Crippen molar-refractivity contribution in [3.63, 3.8) is 0 Å². The van der Waals surface area contributed by atoms with E-state index in [-0.39, 0.29) is 17.4 Å². The first-order valence-corrected chi connectivity index (χ1v) is 5.71. The Morgan fingerprint density at radius 3 is 3.00 bits per heavy atom. The standard InChI is InChI=1S/C12H14N2O3/c1-8(15)14-5-10-4-12(10,7-14)13-11(16)9-2-3-17-6-9/h2-3,6,10H,4-5,7H2,1H3,(H,13,16)/t10-,12-/m1/s1. The van der Waals surface area contributed by atoms with Crippen molar-refractivity contribution in [2.45, 2.75) is 18.9 Å². The van der Waals surface area contributed by atoms with E-state index in [1.165, 1.54) is 12.5 Å². The molecule has 5 nitrogen and oxygen atoms in total. The highest BCUT2D eigenvalue weighted by atomic mass is 16.3. The van der Waals surface area contributed by atoms with Crippen LogP contribution in [0.15, 0.2) is 23.0 Å². The third-order valence-corrected chi connectivity index (χ3v) is 3.74. The molecule has 17 heavy (non-hydrogen) atoms.